The van der Waals surface area contributed by atoms with E-state index in [2.05, 4.69) is 11.4 Å². The van der Waals surface area contributed by atoms with Crippen molar-refractivity contribution in [1.29, 1.82) is 0 Å². The van der Waals surface area contributed by atoms with E-state index in [0.29, 0.717) is 19.5 Å². The second-order valence-electron chi connectivity index (χ2n) is 8.50. The Kier molecular flexibility index (Phi) is 6.14. The van der Waals surface area contributed by atoms with Crippen LogP contribution < -0.4 is 10.2 Å². The van der Waals surface area contributed by atoms with Gasteiger partial charge in [0.05, 0.1) is 10.8 Å². The van der Waals surface area contributed by atoms with Gasteiger partial charge in [-0.05, 0) is 48.6 Å². The van der Waals surface area contributed by atoms with Crippen LogP contribution in [0.25, 0.3) is 0 Å². The van der Waals surface area contributed by atoms with Gasteiger partial charge in [-0.25, -0.2) is 8.42 Å². The van der Waals surface area contributed by atoms with Crippen LogP contribution in [0.3, 0.4) is 0 Å². The van der Waals surface area contributed by atoms with Gasteiger partial charge in [-0.15, -0.1) is 0 Å². The highest BCUT2D eigenvalue weighted by Gasteiger charge is 2.39. The Labute approximate surface area is 183 Å². The summed E-state index contributed by atoms with van der Waals surface area (Å²) in [4.78, 5) is 28.5. The maximum absolute atomic E-state index is 13.4. The zero-order valence-electron chi connectivity index (χ0n) is 17.7. The van der Waals surface area contributed by atoms with Crippen LogP contribution >= 0.6 is 0 Å². The molecule has 1 heterocycles. The van der Waals surface area contributed by atoms with Gasteiger partial charge in [0.25, 0.3) is 0 Å². The molecule has 4 rings (SSSR count). The van der Waals surface area contributed by atoms with Crippen molar-refractivity contribution < 1.29 is 18.0 Å². The molecule has 2 aromatic rings. The van der Waals surface area contributed by atoms with Gasteiger partial charge in [-0.2, -0.15) is 0 Å². The van der Waals surface area contributed by atoms with Gasteiger partial charge in [0.15, 0.2) is 9.84 Å². The molecule has 0 bridgehead atoms. The van der Waals surface area contributed by atoms with Crippen LogP contribution in [0.15, 0.2) is 53.4 Å². The molecule has 0 saturated heterocycles. The largest absolute Gasteiger partial charge is 0.352 e. The lowest BCUT2D eigenvalue weighted by Gasteiger charge is -2.32. The maximum Gasteiger partial charge on any atom is 0.230 e. The maximum atomic E-state index is 13.4. The van der Waals surface area contributed by atoms with Gasteiger partial charge in [-0.1, -0.05) is 43.2 Å². The molecule has 2 aromatic carbocycles. The van der Waals surface area contributed by atoms with E-state index in [9.17, 15) is 18.0 Å². The standard InChI is InChI=1S/C24H28N2O4S/c1-31(29,30)19-12-10-17(11-13-19)16-25-23(27)20-7-3-4-8-21(20)24(28)26-15-14-18-6-2-5-9-22(18)26/h2,5-6,9-13,20-21H,3-4,7-8,14-16H2,1H3,(H,25,27). The minimum atomic E-state index is -3.24. The molecule has 0 aromatic heterocycles. The molecule has 164 valence electrons. The highest BCUT2D eigenvalue weighted by Crippen LogP contribution is 2.36. The molecule has 2 unspecified atom stereocenters. The molecule has 7 heteroatoms. The summed E-state index contributed by atoms with van der Waals surface area (Å²) in [6.45, 7) is 0.989. The molecule has 1 N–H and O–H groups in total. The van der Waals surface area contributed by atoms with Crippen molar-refractivity contribution in [2.45, 2.75) is 43.5 Å². The van der Waals surface area contributed by atoms with E-state index in [1.54, 1.807) is 24.3 Å². The number of nitrogens with zero attached hydrogens (tertiary/aromatic N) is 1. The molecule has 1 aliphatic carbocycles. The lowest BCUT2D eigenvalue weighted by molar-refractivity contribution is -0.135. The molecule has 1 saturated carbocycles. The quantitative estimate of drug-likeness (QED) is 0.774. The Bertz CT molecular complexity index is 1080. The van der Waals surface area contributed by atoms with E-state index in [1.807, 2.05) is 23.1 Å². The van der Waals surface area contributed by atoms with Crippen LogP contribution in [0, 0.1) is 11.8 Å². The summed E-state index contributed by atoms with van der Waals surface area (Å²) in [5.74, 6) is -0.670. The highest BCUT2D eigenvalue weighted by atomic mass is 32.2. The van der Waals surface area contributed by atoms with E-state index >= 15 is 0 Å². The third-order valence-electron chi connectivity index (χ3n) is 6.39. The van der Waals surface area contributed by atoms with E-state index in [1.165, 1.54) is 11.8 Å². The molecular weight excluding hydrogens is 412 g/mol. The Morgan fingerprint density at radius 2 is 1.68 bits per heavy atom. The Balaban J connectivity index is 1.42. The predicted molar refractivity (Wildman–Crippen MR) is 119 cm³/mol. The number of amides is 2. The van der Waals surface area contributed by atoms with Crippen LogP contribution in [0.1, 0.15) is 36.8 Å². The van der Waals surface area contributed by atoms with E-state index in [4.69, 9.17) is 0 Å². The molecule has 2 aliphatic rings. The number of nitrogens with one attached hydrogen (secondary N) is 1. The van der Waals surface area contributed by atoms with Crippen molar-refractivity contribution >= 4 is 27.3 Å². The van der Waals surface area contributed by atoms with Gasteiger partial charge in [0, 0.05) is 31.0 Å². The van der Waals surface area contributed by atoms with Gasteiger partial charge in [0.1, 0.15) is 0 Å². The van der Waals surface area contributed by atoms with Crippen molar-refractivity contribution in [2.24, 2.45) is 11.8 Å². The lowest BCUT2D eigenvalue weighted by atomic mass is 9.77. The smallest absolute Gasteiger partial charge is 0.230 e. The SMILES string of the molecule is CS(=O)(=O)c1ccc(CNC(=O)C2CCCCC2C(=O)N2CCc3ccccc32)cc1. The second-order valence-corrected chi connectivity index (χ2v) is 10.5. The first-order chi connectivity index (χ1) is 14.8. The summed E-state index contributed by atoms with van der Waals surface area (Å²) in [6.07, 6.45) is 5.38. The van der Waals surface area contributed by atoms with Gasteiger partial charge >= 0.3 is 0 Å². The highest BCUT2D eigenvalue weighted by molar-refractivity contribution is 7.90. The monoisotopic (exact) mass is 440 g/mol. The van der Waals surface area contributed by atoms with E-state index < -0.39 is 9.84 Å². The number of anilines is 1. The molecule has 2 amide bonds. The first kappa shape index (κ1) is 21.6. The minimum absolute atomic E-state index is 0.0577. The third kappa shape index (κ3) is 4.66. The topological polar surface area (TPSA) is 83.5 Å². The summed E-state index contributed by atoms with van der Waals surface area (Å²) in [6, 6.07) is 14.5. The summed E-state index contributed by atoms with van der Waals surface area (Å²) >= 11 is 0. The molecule has 31 heavy (non-hydrogen) atoms. The molecule has 6 nitrogen and oxygen atoms in total. The number of sulfone groups is 1. The van der Waals surface area contributed by atoms with Crippen molar-refractivity contribution in [3.63, 3.8) is 0 Å². The van der Waals surface area contributed by atoms with Crippen LogP contribution in [0.5, 0.6) is 0 Å². The molecule has 1 fully saturated rings. The molecule has 0 radical (unpaired) electrons. The zero-order chi connectivity index (χ0) is 22.0. The summed E-state index contributed by atoms with van der Waals surface area (Å²) in [5.41, 5.74) is 2.99. The molecular formula is C24H28N2O4S. The number of carbonyl (C=O) groups is 2. The fourth-order valence-corrected chi connectivity index (χ4v) is 5.31. The number of para-hydroxylation sites is 1. The fraction of sp³-hybridized carbons (Fsp3) is 0.417. The molecule has 2 atom stereocenters. The van der Waals surface area contributed by atoms with Crippen molar-refractivity contribution in [1.82, 2.24) is 5.32 Å². The number of hydrogen-bond acceptors (Lipinski definition) is 4. The lowest BCUT2D eigenvalue weighted by Crippen LogP contribution is -2.45. The second kappa shape index (κ2) is 8.83. The van der Waals surface area contributed by atoms with Crippen molar-refractivity contribution in [3.05, 3.63) is 59.7 Å². The minimum Gasteiger partial charge on any atom is -0.352 e. The number of hydrogen-bond donors (Lipinski definition) is 1. The van der Waals surface area contributed by atoms with Crippen molar-refractivity contribution in [3.8, 4) is 0 Å². The van der Waals surface area contributed by atoms with Crippen LogP contribution in [-0.2, 0) is 32.4 Å². The Morgan fingerprint density at radius 3 is 2.39 bits per heavy atom. The van der Waals surface area contributed by atoms with Crippen LogP contribution in [-0.4, -0.2) is 33.0 Å². The Morgan fingerprint density at radius 1 is 1.00 bits per heavy atom. The van der Waals surface area contributed by atoms with Crippen LogP contribution in [0.4, 0.5) is 5.69 Å². The fourth-order valence-electron chi connectivity index (χ4n) is 4.68. The van der Waals surface area contributed by atoms with Gasteiger partial charge in [-0.3, -0.25) is 9.59 Å². The van der Waals surface area contributed by atoms with Gasteiger partial charge in [0.2, 0.25) is 11.8 Å². The van der Waals surface area contributed by atoms with Crippen molar-refractivity contribution in [2.75, 3.05) is 17.7 Å². The normalized spacial score (nSPS) is 20.9. The average molecular weight is 441 g/mol. The van der Waals surface area contributed by atoms with Gasteiger partial charge < -0.3 is 10.2 Å². The first-order valence-corrected chi connectivity index (χ1v) is 12.7. The van der Waals surface area contributed by atoms with E-state index in [-0.39, 0.29) is 28.5 Å². The number of fused-ring (bicyclic) bond motifs is 1. The average Bonchev–Trinajstić information content (AvgIpc) is 3.21. The number of benzene rings is 2. The predicted octanol–water partition coefficient (Wildman–Crippen LogP) is 3.10. The summed E-state index contributed by atoms with van der Waals surface area (Å²) in [5, 5.41) is 2.96. The van der Waals surface area contributed by atoms with E-state index in [0.717, 1.165) is 36.9 Å². The number of rotatable bonds is 5. The number of carbonyl (C=O) groups excluding carboxylic acids is 2. The Hall–Kier alpha value is -2.67. The molecule has 1 aliphatic heterocycles. The zero-order valence-corrected chi connectivity index (χ0v) is 18.5. The van der Waals surface area contributed by atoms with Crippen LogP contribution in [0.2, 0.25) is 0 Å². The molecule has 0 spiro atoms. The first-order valence-electron chi connectivity index (χ1n) is 10.8. The third-order valence-corrected chi connectivity index (χ3v) is 7.52. The summed E-state index contributed by atoms with van der Waals surface area (Å²) in [7, 11) is -3.24. The summed E-state index contributed by atoms with van der Waals surface area (Å²) < 4.78 is 23.2.